The lowest BCUT2D eigenvalue weighted by molar-refractivity contribution is -0.277. The van der Waals surface area contributed by atoms with Gasteiger partial charge in [0, 0.05) is 0 Å². The Balaban J connectivity index is 1.68. The molecular weight excluding hydrogens is 440 g/mol. The van der Waals surface area contributed by atoms with Gasteiger partial charge in [-0.15, -0.1) is 0 Å². The number of phenols is 1. The summed E-state index contributed by atoms with van der Waals surface area (Å²) in [7, 11) is 2.75. The summed E-state index contributed by atoms with van der Waals surface area (Å²) in [5.41, 5.74) is 0.756. The maximum Gasteiger partial charge on any atom is 0.338 e. The molecule has 0 amide bonds. The molecule has 0 aromatic heterocycles. The molecule has 11 heteroatoms. The number of hydrogen-bond acceptors (Lipinski definition) is 11. The second-order valence-electron chi connectivity index (χ2n) is 7.26. The molecule has 2 aromatic rings. The normalized spacial score (nSPS) is 24.7. The largest absolute Gasteiger partial charge is 0.504 e. The van der Waals surface area contributed by atoms with Crippen LogP contribution in [0.25, 0.3) is 0 Å². The molecule has 33 heavy (non-hydrogen) atoms. The first kappa shape index (κ1) is 24.6. The highest BCUT2D eigenvalue weighted by Crippen LogP contribution is 2.32. The number of esters is 1. The standard InChI is InChI=1S/C22H26O11/c1-29-15-8-12(4-5-13(15)24)21(28)31-10-11-3-6-14(16(7-11)30-2)32-22-20(27)19(26)18(25)17(9-23)33-22/h3-8,17-20,22-27H,9-10H2,1-2H3/t17-,18-,19+,20-,22-/m1/s1. The Morgan fingerprint density at radius 3 is 2.33 bits per heavy atom. The molecule has 11 nitrogen and oxygen atoms in total. The van der Waals surface area contributed by atoms with E-state index >= 15 is 0 Å². The van der Waals surface area contributed by atoms with Crippen LogP contribution in [0.15, 0.2) is 36.4 Å². The molecular formula is C22H26O11. The fraction of sp³-hybridized carbons (Fsp3) is 0.409. The zero-order chi connectivity index (χ0) is 24.1. The quantitative estimate of drug-likeness (QED) is 0.331. The van der Waals surface area contributed by atoms with Gasteiger partial charge in [0.2, 0.25) is 6.29 Å². The summed E-state index contributed by atoms with van der Waals surface area (Å²) >= 11 is 0. The third-order valence-electron chi connectivity index (χ3n) is 5.10. The minimum atomic E-state index is -1.58. The van der Waals surface area contributed by atoms with Crippen molar-refractivity contribution >= 4 is 5.97 Å². The first-order valence-corrected chi connectivity index (χ1v) is 9.97. The Morgan fingerprint density at radius 1 is 0.939 bits per heavy atom. The highest BCUT2D eigenvalue weighted by atomic mass is 16.7. The number of aromatic hydroxyl groups is 1. The second-order valence-corrected chi connectivity index (χ2v) is 7.26. The number of phenolic OH excluding ortho intramolecular Hbond substituents is 1. The van der Waals surface area contributed by atoms with Crippen LogP contribution in [0.4, 0.5) is 0 Å². The predicted octanol–water partition coefficient (Wildman–Crippen LogP) is -0.0549. The van der Waals surface area contributed by atoms with Gasteiger partial charge in [-0.25, -0.2) is 4.79 Å². The number of hydrogen-bond donors (Lipinski definition) is 5. The molecule has 0 saturated carbocycles. The van der Waals surface area contributed by atoms with E-state index in [1.54, 1.807) is 12.1 Å². The van der Waals surface area contributed by atoms with Crippen molar-refractivity contribution in [2.75, 3.05) is 20.8 Å². The van der Waals surface area contributed by atoms with E-state index in [4.69, 9.17) is 23.7 Å². The summed E-state index contributed by atoms with van der Waals surface area (Å²) in [6, 6.07) is 8.71. The predicted molar refractivity (Wildman–Crippen MR) is 111 cm³/mol. The third-order valence-corrected chi connectivity index (χ3v) is 5.10. The van der Waals surface area contributed by atoms with Gasteiger partial charge in [0.15, 0.2) is 23.0 Å². The highest BCUT2D eigenvalue weighted by Gasteiger charge is 2.44. The van der Waals surface area contributed by atoms with Gasteiger partial charge in [0.1, 0.15) is 31.0 Å². The number of carbonyl (C=O) groups is 1. The molecule has 0 unspecified atom stereocenters. The first-order chi connectivity index (χ1) is 15.8. The zero-order valence-corrected chi connectivity index (χ0v) is 18.0. The Morgan fingerprint density at radius 2 is 1.67 bits per heavy atom. The number of aliphatic hydroxyl groups is 4. The van der Waals surface area contributed by atoms with Crippen LogP contribution in [0, 0.1) is 0 Å². The van der Waals surface area contributed by atoms with Crippen LogP contribution in [-0.4, -0.2) is 83.0 Å². The van der Waals surface area contributed by atoms with Crippen molar-refractivity contribution in [1.29, 1.82) is 0 Å². The van der Waals surface area contributed by atoms with Crippen LogP contribution >= 0.6 is 0 Å². The summed E-state index contributed by atoms with van der Waals surface area (Å²) in [4.78, 5) is 12.3. The number of benzene rings is 2. The van der Waals surface area contributed by atoms with E-state index < -0.39 is 43.3 Å². The molecule has 0 spiro atoms. The van der Waals surface area contributed by atoms with Crippen molar-refractivity contribution in [2.45, 2.75) is 37.3 Å². The molecule has 2 aromatic carbocycles. The van der Waals surface area contributed by atoms with Gasteiger partial charge < -0.3 is 49.2 Å². The van der Waals surface area contributed by atoms with Gasteiger partial charge >= 0.3 is 5.97 Å². The van der Waals surface area contributed by atoms with Crippen LogP contribution in [-0.2, 0) is 16.1 Å². The van der Waals surface area contributed by atoms with Crippen molar-refractivity contribution in [2.24, 2.45) is 0 Å². The highest BCUT2D eigenvalue weighted by molar-refractivity contribution is 5.90. The fourth-order valence-electron chi connectivity index (χ4n) is 3.23. The third kappa shape index (κ3) is 5.46. The van der Waals surface area contributed by atoms with E-state index in [1.807, 2.05) is 0 Å². The van der Waals surface area contributed by atoms with Crippen LogP contribution in [0.2, 0.25) is 0 Å². The summed E-state index contributed by atoms with van der Waals surface area (Å²) in [5, 5.41) is 48.9. The Kier molecular flexibility index (Phi) is 7.95. The molecule has 5 atom stereocenters. The lowest BCUT2D eigenvalue weighted by Crippen LogP contribution is -2.60. The molecule has 0 radical (unpaired) electrons. The number of aliphatic hydroxyl groups excluding tert-OH is 4. The molecule has 1 aliphatic rings. The Hall–Kier alpha value is -3.09. The number of ether oxygens (including phenoxy) is 5. The first-order valence-electron chi connectivity index (χ1n) is 9.97. The van der Waals surface area contributed by atoms with Crippen molar-refractivity contribution < 1.29 is 54.0 Å². The van der Waals surface area contributed by atoms with Crippen LogP contribution < -0.4 is 14.2 Å². The summed E-state index contributed by atoms with van der Waals surface area (Å²) in [6.07, 6.45) is -7.14. The average molecular weight is 466 g/mol. The monoisotopic (exact) mass is 466 g/mol. The van der Waals surface area contributed by atoms with E-state index in [0.29, 0.717) is 5.56 Å². The maximum atomic E-state index is 12.3. The topological polar surface area (TPSA) is 164 Å². The van der Waals surface area contributed by atoms with Crippen molar-refractivity contribution in [3.8, 4) is 23.0 Å². The van der Waals surface area contributed by atoms with Crippen LogP contribution in [0.1, 0.15) is 15.9 Å². The lowest BCUT2D eigenvalue weighted by atomic mass is 9.99. The summed E-state index contributed by atoms with van der Waals surface area (Å²) in [6.45, 7) is -0.683. The Bertz CT molecular complexity index is 961. The smallest absolute Gasteiger partial charge is 0.338 e. The van der Waals surface area contributed by atoms with E-state index in [0.717, 1.165) is 0 Å². The van der Waals surface area contributed by atoms with E-state index in [1.165, 1.54) is 38.5 Å². The Labute approximate surface area is 189 Å². The second kappa shape index (κ2) is 10.7. The van der Waals surface area contributed by atoms with Crippen molar-refractivity contribution in [3.05, 3.63) is 47.5 Å². The SMILES string of the molecule is COc1cc(C(=O)OCc2ccc(O[C@@H]3O[C@H](CO)[C@@H](O)[C@H](O)[C@H]3O)c(OC)c2)ccc1O. The van der Waals surface area contributed by atoms with Gasteiger partial charge in [-0.3, -0.25) is 0 Å². The van der Waals surface area contributed by atoms with Crippen LogP contribution in [0.3, 0.4) is 0 Å². The fourth-order valence-corrected chi connectivity index (χ4v) is 3.23. The van der Waals surface area contributed by atoms with Gasteiger partial charge in [0.25, 0.3) is 0 Å². The zero-order valence-electron chi connectivity index (χ0n) is 18.0. The minimum Gasteiger partial charge on any atom is -0.504 e. The molecule has 3 rings (SSSR count). The number of carbonyl (C=O) groups excluding carboxylic acids is 1. The maximum absolute atomic E-state index is 12.3. The van der Waals surface area contributed by atoms with Gasteiger partial charge in [0.05, 0.1) is 26.4 Å². The molecule has 1 aliphatic heterocycles. The van der Waals surface area contributed by atoms with Crippen molar-refractivity contribution in [3.63, 3.8) is 0 Å². The molecule has 1 saturated heterocycles. The van der Waals surface area contributed by atoms with Gasteiger partial charge in [-0.2, -0.15) is 0 Å². The van der Waals surface area contributed by atoms with Crippen LogP contribution in [0.5, 0.6) is 23.0 Å². The van der Waals surface area contributed by atoms with Gasteiger partial charge in [-0.1, -0.05) is 6.07 Å². The van der Waals surface area contributed by atoms with Crippen molar-refractivity contribution in [1.82, 2.24) is 0 Å². The number of methoxy groups -OCH3 is 2. The number of rotatable bonds is 8. The summed E-state index contributed by atoms with van der Waals surface area (Å²) < 4.78 is 26.5. The van der Waals surface area contributed by atoms with E-state index in [9.17, 15) is 30.3 Å². The molecule has 5 N–H and O–H groups in total. The molecule has 180 valence electrons. The average Bonchev–Trinajstić information content (AvgIpc) is 2.83. The lowest BCUT2D eigenvalue weighted by Gasteiger charge is -2.39. The molecule has 1 fully saturated rings. The van der Waals surface area contributed by atoms with Gasteiger partial charge in [-0.05, 0) is 35.9 Å². The summed E-state index contributed by atoms with van der Waals surface area (Å²) in [5.74, 6) is -0.213. The minimum absolute atomic E-state index is 0.0985. The van der Waals surface area contributed by atoms with E-state index in [-0.39, 0.29) is 35.2 Å². The van der Waals surface area contributed by atoms with E-state index in [2.05, 4.69) is 0 Å². The molecule has 1 heterocycles. The molecule has 0 aliphatic carbocycles. The molecule has 0 bridgehead atoms.